The lowest BCUT2D eigenvalue weighted by Gasteiger charge is -2.03. The number of allylic oxidation sites excluding steroid dienone is 1. The molecule has 0 bridgehead atoms. The summed E-state index contributed by atoms with van der Waals surface area (Å²) in [5.74, 6) is 0.760. The van der Waals surface area contributed by atoms with Gasteiger partial charge in [-0.25, -0.2) is 15.0 Å². The van der Waals surface area contributed by atoms with Gasteiger partial charge in [0, 0.05) is 35.8 Å². The Bertz CT molecular complexity index is 795. The van der Waals surface area contributed by atoms with Gasteiger partial charge in [-0.15, -0.1) is 0 Å². The molecule has 0 aliphatic carbocycles. The lowest BCUT2D eigenvalue weighted by molar-refractivity contribution is 0.424. The van der Waals surface area contributed by atoms with Crippen LogP contribution in [-0.2, 0) is 7.05 Å². The van der Waals surface area contributed by atoms with Crippen LogP contribution in [0.3, 0.4) is 0 Å². The number of aliphatic imine (C=N–C) groups is 1. The average molecular weight is 335 g/mol. The van der Waals surface area contributed by atoms with E-state index in [1.165, 1.54) is 0 Å². The molecule has 0 radical (unpaired) electrons. The Morgan fingerprint density at radius 1 is 1.41 bits per heavy atom. The van der Waals surface area contributed by atoms with E-state index >= 15 is 0 Å². The second kappa shape index (κ2) is 5.78. The zero-order chi connectivity index (χ0) is 15.9. The van der Waals surface area contributed by atoms with E-state index < -0.39 is 0 Å². The van der Waals surface area contributed by atoms with Crippen LogP contribution in [0.15, 0.2) is 22.4 Å². The molecule has 114 valence electrons. The fourth-order valence-corrected chi connectivity index (χ4v) is 3.09. The quantitative estimate of drug-likeness (QED) is 0.864. The largest absolute Gasteiger partial charge is 0.493 e. The predicted octanol–water partition coefficient (Wildman–Crippen LogP) is 3.93. The van der Waals surface area contributed by atoms with Gasteiger partial charge < -0.3 is 5.11 Å². The number of imidazole rings is 1. The van der Waals surface area contributed by atoms with Crippen molar-refractivity contribution in [2.45, 2.75) is 24.3 Å². The minimum Gasteiger partial charge on any atom is -0.493 e. The first kappa shape index (κ1) is 15.1. The molecular weight excluding hydrogens is 320 g/mol. The number of halogens is 1. The second-order valence-corrected chi connectivity index (χ2v) is 7.19. The maximum absolute atomic E-state index is 10.3. The van der Waals surface area contributed by atoms with Crippen LogP contribution in [0.2, 0.25) is 5.02 Å². The number of aromatic hydroxyl groups is 1. The van der Waals surface area contributed by atoms with Crippen molar-refractivity contribution in [3.63, 3.8) is 0 Å². The summed E-state index contributed by atoms with van der Waals surface area (Å²) in [6.45, 7) is 4.17. The Hall–Kier alpha value is -1.79. The number of nitrogens with zero attached hydrogens (tertiary/aromatic N) is 4. The molecule has 7 heteroatoms. The van der Waals surface area contributed by atoms with Crippen LogP contribution in [0.1, 0.15) is 25.1 Å². The highest BCUT2D eigenvalue weighted by atomic mass is 35.5. The summed E-state index contributed by atoms with van der Waals surface area (Å²) in [6.07, 6.45) is 5.07. The summed E-state index contributed by atoms with van der Waals surface area (Å²) in [5.41, 5.74) is 2.19. The van der Waals surface area contributed by atoms with Gasteiger partial charge in [-0.1, -0.05) is 37.2 Å². The molecule has 0 unspecified atom stereocenters. The fourth-order valence-electron chi connectivity index (χ4n) is 2.11. The van der Waals surface area contributed by atoms with E-state index in [2.05, 4.69) is 28.8 Å². The minimum atomic E-state index is 0.132. The molecule has 0 saturated carbocycles. The second-order valence-electron chi connectivity index (χ2n) is 5.21. The summed E-state index contributed by atoms with van der Waals surface area (Å²) < 4.78 is 1.68. The van der Waals surface area contributed by atoms with Crippen molar-refractivity contribution in [3.8, 4) is 5.88 Å². The molecule has 0 saturated heterocycles. The number of rotatable bonds is 3. The summed E-state index contributed by atoms with van der Waals surface area (Å²) in [7, 11) is 1.80. The van der Waals surface area contributed by atoms with Crippen LogP contribution in [0.4, 0.5) is 5.82 Å². The molecule has 1 aliphatic rings. The van der Waals surface area contributed by atoms with Crippen molar-refractivity contribution in [1.82, 2.24) is 14.5 Å². The molecule has 3 heterocycles. The van der Waals surface area contributed by atoms with Gasteiger partial charge in [0.2, 0.25) is 5.88 Å². The summed E-state index contributed by atoms with van der Waals surface area (Å²) in [5, 5.41) is 12.0. The number of thioether (sulfide) groups is 1. The SMILES string of the molecule is CC(C)Sc1nc(C=C2C=Nc3ncc(Cl)cc32)c(O)n1C. The molecule has 3 rings (SSSR count). The molecule has 2 aromatic rings. The summed E-state index contributed by atoms with van der Waals surface area (Å²) in [6, 6.07) is 1.81. The van der Waals surface area contributed by atoms with Gasteiger partial charge in [0.1, 0.15) is 5.69 Å². The highest BCUT2D eigenvalue weighted by Crippen LogP contribution is 2.35. The molecule has 0 amide bonds. The molecule has 0 spiro atoms. The van der Waals surface area contributed by atoms with E-state index in [9.17, 15) is 5.11 Å². The van der Waals surface area contributed by atoms with Gasteiger partial charge in [0.25, 0.3) is 0 Å². The predicted molar refractivity (Wildman–Crippen MR) is 91.1 cm³/mol. The monoisotopic (exact) mass is 334 g/mol. The van der Waals surface area contributed by atoms with Crippen molar-refractivity contribution in [2.75, 3.05) is 0 Å². The van der Waals surface area contributed by atoms with Crippen LogP contribution in [0.25, 0.3) is 11.6 Å². The van der Waals surface area contributed by atoms with Crippen molar-refractivity contribution >= 4 is 47.0 Å². The zero-order valence-electron chi connectivity index (χ0n) is 12.4. The smallest absolute Gasteiger partial charge is 0.219 e. The highest BCUT2D eigenvalue weighted by Gasteiger charge is 2.18. The fraction of sp³-hybridized carbons (Fsp3) is 0.267. The third-order valence-electron chi connectivity index (χ3n) is 3.15. The Balaban J connectivity index is 2.01. The molecular formula is C15H15ClN4OS. The van der Waals surface area contributed by atoms with Crippen molar-refractivity contribution < 1.29 is 5.11 Å². The number of fused-ring (bicyclic) bond motifs is 1. The topological polar surface area (TPSA) is 63.3 Å². The van der Waals surface area contributed by atoms with Crippen LogP contribution < -0.4 is 0 Å². The number of aromatic nitrogens is 3. The van der Waals surface area contributed by atoms with Gasteiger partial charge >= 0.3 is 0 Å². The maximum Gasteiger partial charge on any atom is 0.219 e. The highest BCUT2D eigenvalue weighted by molar-refractivity contribution is 7.99. The first-order chi connectivity index (χ1) is 10.5. The Morgan fingerprint density at radius 3 is 2.91 bits per heavy atom. The lowest BCUT2D eigenvalue weighted by Crippen LogP contribution is -1.94. The number of hydrogen-bond acceptors (Lipinski definition) is 5. The van der Waals surface area contributed by atoms with Crippen molar-refractivity contribution in [1.29, 1.82) is 0 Å². The normalized spacial score (nSPS) is 15.0. The number of hydrogen-bond donors (Lipinski definition) is 1. The van der Waals surface area contributed by atoms with E-state index in [0.717, 1.165) is 16.3 Å². The number of pyridine rings is 1. The average Bonchev–Trinajstić information content (AvgIpc) is 2.96. The van der Waals surface area contributed by atoms with Crippen molar-refractivity contribution in [2.24, 2.45) is 12.0 Å². The van der Waals surface area contributed by atoms with E-state index in [-0.39, 0.29) is 5.88 Å². The molecule has 5 nitrogen and oxygen atoms in total. The van der Waals surface area contributed by atoms with E-state index in [1.807, 2.05) is 6.07 Å². The molecule has 2 aromatic heterocycles. The molecule has 0 atom stereocenters. The molecule has 1 N–H and O–H groups in total. The standard InChI is InChI=1S/C15H15ClN4OS/c1-8(2)22-15-19-12(14(21)20(15)3)4-9-6-17-13-11(9)5-10(16)7-18-13/h4-8,21H,1-3H3. The van der Waals surface area contributed by atoms with Crippen LogP contribution in [-0.4, -0.2) is 31.1 Å². The van der Waals surface area contributed by atoms with E-state index in [0.29, 0.717) is 21.8 Å². The van der Waals surface area contributed by atoms with Crippen LogP contribution in [0.5, 0.6) is 5.88 Å². The molecule has 0 fully saturated rings. The maximum atomic E-state index is 10.3. The van der Waals surface area contributed by atoms with Gasteiger partial charge in [-0.3, -0.25) is 4.57 Å². The molecule has 22 heavy (non-hydrogen) atoms. The Kier molecular flexibility index (Phi) is 3.97. The van der Waals surface area contributed by atoms with Gasteiger partial charge in [0.15, 0.2) is 11.0 Å². The van der Waals surface area contributed by atoms with Gasteiger partial charge in [0.05, 0.1) is 5.02 Å². The third kappa shape index (κ3) is 2.76. The van der Waals surface area contributed by atoms with E-state index in [1.54, 1.807) is 41.9 Å². The lowest BCUT2D eigenvalue weighted by atomic mass is 10.1. The van der Waals surface area contributed by atoms with E-state index in [4.69, 9.17) is 11.6 Å². The zero-order valence-corrected chi connectivity index (χ0v) is 14.0. The molecule has 0 aromatic carbocycles. The first-order valence-electron chi connectivity index (χ1n) is 6.79. The van der Waals surface area contributed by atoms with Gasteiger partial charge in [-0.2, -0.15) is 0 Å². The Morgan fingerprint density at radius 2 is 2.18 bits per heavy atom. The van der Waals surface area contributed by atoms with Crippen molar-refractivity contribution in [3.05, 3.63) is 28.5 Å². The van der Waals surface area contributed by atoms with Crippen LogP contribution in [0, 0.1) is 0 Å². The minimum absolute atomic E-state index is 0.132. The van der Waals surface area contributed by atoms with Crippen LogP contribution >= 0.6 is 23.4 Å². The van der Waals surface area contributed by atoms with Gasteiger partial charge in [-0.05, 0) is 12.1 Å². The summed E-state index contributed by atoms with van der Waals surface area (Å²) in [4.78, 5) is 12.9. The Labute approximate surface area is 137 Å². The molecule has 1 aliphatic heterocycles. The third-order valence-corrected chi connectivity index (χ3v) is 4.41. The summed E-state index contributed by atoms with van der Waals surface area (Å²) >= 11 is 7.59. The first-order valence-corrected chi connectivity index (χ1v) is 8.05.